The molecular formula is C18H15F2NO4. The fourth-order valence-corrected chi connectivity index (χ4v) is 2.24. The molecule has 0 atom stereocenters. The van der Waals surface area contributed by atoms with Crippen LogP contribution >= 0.6 is 0 Å². The maximum Gasteiger partial charge on any atom is 0.387 e. The Morgan fingerprint density at radius 1 is 1.08 bits per heavy atom. The van der Waals surface area contributed by atoms with Gasteiger partial charge in [-0.25, -0.2) is 0 Å². The van der Waals surface area contributed by atoms with E-state index in [1.807, 2.05) is 0 Å². The summed E-state index contributed by atoms with van der Waals surface area (Å²) in [7, 11) is 0. The van der Waals surface area contributed by atoms with E-state index in [2.05, 4.69) is 10.1 Å². The lowest BCUT2D eigenvalue weighted by atomic mass is 10.2. The molecule has 0 spiro atoms. The van der Waals surface area contributed by atoms with E-state index >= 15 is 0 Å². The van der Waals surface area contributed by atoms with Gasteiger partial charge in [0.05, 0.1) is 0 Å². The van der Waals surface area contributed by atoms with Crippen molar-refractivity contribution in [1.82, 2.24) is 0 Å². The van der Waals surface area contributed by atoms with Crippen molar-refractivity contribution in [2.75, 3.05) is 18.5 Å². The minimum absolute atomic E-state index is 0.0629. The zero-order valence-electron chi connectivity index (χ0n) is 13.1. The molecule has 1 amide bonds. The monoisotopic (exact) mass is 347 g/mol. The molecule has 2 aromatic rings. The molecule has 7 heteroatoms. The Morgan fingerprint density at radius 3 is 2.52 bits per heavy atom. The van der Waals surface area contributed by atoms with E-state index in [1.165, 1.54) is 18.2 Å². The first-order valence-electron chi connectivity index (χ1n) is 7.54. The van der Waals surface area contributed by atoms with Crippen molar-refractivity contribution >= 4 is 17.7 Å². The summed E-state index contributed by atoms with van der Waals surface area (Å²) in [6.45, 7) is -1.89. The van der Waals surface area contributed by atoms with Gasteiger partial charge in [0, 0.05) is 17.8 Å². The summed E-state index contributed by atoms with van der Waals surface area (Å²) in [4.78, 5) is 12.0. The molecule has 0 bridgehead atoms. The average Bonchev–Trinajstić information content (AvgIpc) is 2.60. The van der Waals surface area contributed by atoms with Crippen LogP contribution in [0.3, 0.4) is 0 Å². The average molecular weight is 347 g/mol. The lowest BCUT2D eigenvalue weighted by molar-refractivity contribution is -0.111. The fourth-order valence-electron chi connectivity index (χ4n) is 2.24. The zero-order chi connectivity index (χ0) is 17.6. The van der Waals surface area contributed by atoms with Crippen LogP contribution in [0, 0.1) is 0 Å². The number of rotatable bonds is 5. The standard InChI is InChI=1S/C18H15F2NO4/c19-18(20)25-14-5-1-12(2-6-14)3-8-17(22)21-13-4-7-15-16(11-13)24-10-9-23-15/h1-8,11,18H,9-10H2,(H,21,22)/b8-3+. The van der Waals surface area contributed by atoms with Crippen molar-refractivity contribution in [1.29, 1.82) is 0 Å². The third kappa shape index (κ3) is 4.69. The van der Waals surface area contributed by atoms with E-state index in [1.54, 1.807) is 36.4 Å². The van der Waals surface area contributed by atoms with Crippen LogP contribution in [0.1, 0.15) is 5.56 Å². The van der Waals surface area contributed by atoms with Gasteiger partial charge in [-0.2, -0.15) is 8.78 Å². The molecule has 0 fully saturated rings. The van der Waals surface area contributed by atoms with Gasteiger partial charge in [0.15, 0.2) is 11.5 Å². The molecule has 25 heavy (non-hydrogen) atoms. The largest absolute Gasteiger partial charge is 0.486 e. The summed E-state index contributed by atoms with van der Waals surface area (Å²) in [5.74, 6) is 0.964. The molecule has 0 unspecified atom stereocenters. The van der Waals surface area contributed by atoms with Gasteiger partial charge in [-0.05, 0) is 35.9 Å². The lowest BCUT2D eigenvalue weighted by Gasteiger charge is -2.18. The highest BCUT2D eigenvalue weighted by Crippen LogP contribution is 2.32. The minimum atomic E-state index is -2.86. The SMILES string of the molecule is O=C(/C=C/c1ccc(OC(F)F)cc1)Nc1ccc2c(c1)OCCO2. The van der Waals surface area contributed by atoms with Crippen molar-refractivity contribution in [3.05, 3.63) is 54.1 Å². The number of ether oxygens (including phenoxy) is 3. The molecule has 3 rings (SSSR count). The summed E-state index contributed by atoms with van der Waals surface area (Å²) < 4.78 is 39.3. The van der Waals surface area contributed by atoms with Crippen LogP contribution in [0.2, 0.25) is 0 Å². The number of carbonyl (C=O) groups excluding carboxylic acids is 1. The number of fused-ring (bicyclic) bond motifs is 1. The second-order valence-corrected chi connectivity index (χ2v) is 5.13. The predicted molar refractivity (Wildman–Crippen MR) is 88.2 cm³/mol. The number of carbonyl (C=O) groups is 1. The number of nitrogens with one attached hydrogen (secondary N) is 1. The van der Waals surface area contributed by atoms with Crippen molar-refractivity contribution in [3.63, 3.8) is 0 Å². The van der Waals surface area contributed by atoms with E-state index in [9.17, 15) is 13.6 Å². The van der Waals surface area contributed by atoms with Crippen LogP contribution in [0.15, 0.2) is 48.5 Å². The molecule has 130 valence electrons. The number of hydrogen-bond acceptors (Lipinski definition) is 4. The van der Waals surface area contributed by atoms with Crippen LogP contribution in [0.4, 0.5) is 14.5 Å². The quantitative estimate of drug-likeness (QED) is 0.838. The maximum atomic E-state index is 12.1. The Bertz CT molecular complexity index is 775. The molecule has 1 aliphatic heterocycles. The molecule has 2 aromatic carbocycles. The van der Waals surface area contributed by atoms with Gasteiger partial charge in [-0.15, -0.1) is 0 Å². The highest BCUT2D eigenvalue weighted by Gasteiger charge is 2.12. The molecule has 1 aliphatic rings. The van der Waals surface area contributed by atoms with E-state index in [0.717, 1.165) is 0 Å². The van der Waals surface area contributed by atoms with Gasteiger partial charge in [0.2, 0.25) is 5.91 Å². The predicted octanol–water partition coefficient (Wildman–Crippen LogP) is 3.71. The van der Waals surface area contributed by atoms with Crippen molar-refractivity contribution in [3.8, 4) is 17.2 Å². The third-order valence-corrected chi connectivity index (χ3v) is 3.34. The lowest BCUT2D eigenvalue weighted by Crippen LogP contribution is -2.16. The Hall–Kier alpha value is -3.09. The summed E-state index contributed by atoms with van der Waals surface area (Å²) >= 11 is 0. The zero-order valence-corrected chi connectivity index (χ0v) is 13.1. The highest BCUT2D eigenvalue weighted by molar-refractivity contribution is 6.02. The van der Waals surface area contributed by atoms with Gasteiger partial charge in [0.1, 0.15) is 19.0 Å². The normalized spacial score (nSPS) is 13.1. The van der Waals surface area contributed by atoms with Crippen LogP contribution < -0.4 is 19.5 Å². The van der Waals surface area contributed by atoms with Gasteiger partial charge >= 0.3 is 6.61 Å². The molecule has 0 aliphatic carbocycles. The number of halogens is 2. The number of hydrogen-bond donors (Lipinski definition) is 1. The van der Waals surface area contributed by atoms with Crippen molar-refractivity contribution in [2.45, 2.75) is 6.61 Å². The second-order valence-electron chi connectivity index (χ2n) is 5.13. The van der Waals surface area contributed by atoms with Crippen LogP contribution in [-0.2, 0) is 4.79 Å². The summed E-state index contributed by atoms with van der Waals surface area (Å²) in [5.41, 5.74) is 1.26. The first-order chi connectivity index (χ1) is 12.1. The molecule has 0 saturated carbocycles. The summed E-state index contributed by atoms with van der Waals surface area (Å²) in [6.07, 6.45) is 2.92. The molecule has 1 heterocycles. The summed E-state index contributed by atoms with van der Waals surface area (Å²) in [5, 5.41) is 2.71. The van der Waals surface area contributed by atoms with Gasteiger partial charge in [-0.3, -0.25) is 4.79 Å². The molecule has 0 saturated heterocycles. The number of alkyl halides is 2. The van der Waals surface area contributed by atoms with E-state index in [4.69, 9.17) is 9.47 Å². The van der Waals surface area contributed by atoms with Crippen LogP contribution in [0.5, 0.6) is 17.2 Å². The molecule has 5 nitrogen and oxygen atoms in total. The number of amides is 1. The maximum absolute atomic E-state index is 12.1. The van der Waals surface area contributed by atoms with Crippen LogP contribution in [-0.4, -0.2) is 25.7 Å². The molecular weight excluding hydrogens is 332 g/mol. The molecule has 1 N–H and O–H groups in total. The van der Waals surface area contributed by atoms with E-state index in [0.29, 0.717) is 36.0 Å². The second kappa shape index (κ2) is 7.65. The Balaban J connectivity index is 1.59. The van der Waals surface area contributed by atoms with E-state index in [-0.39, 0.29) is 11.7 Å². The Morgan fingerprint density at radius 2 is 1.80 bits per heavy atom. The Labute approximate surface area is 142 Å². The smallest absolute Gasteiger partial charge is 0.387 e. The van der Waals surface area contributed by atoms with E-state index < -0.39 is 6.61 Å². The van der Waals surface area contributed by atoms with Gasteiger partial charge < -0.3 is 19.5 Å². The van der Waals surface area contributed by atoms with Crippen molar-refractivity contribution in [2.24, 2.45) is 0 Å². The van der Waals surface area contributed by atoms with Gasteiger partial charge in [-0.1, -0.05) is 12.1 Å². The topological polar surface area (TPSA) is 56.8 Å². The molecule has 0 radical (unpaired) electrons. The first kappa shape index (κ1) is 16.8. The molecule has 0 aromatic heterocycles. The number of anilines is 1. The minimum Gasteiger partial charge on any atom is -0.486 e. The third-order valence-electron chi connectivity index (χ3n) is 3.34. The first-order valence-corrected chi connectivity index (χ1v) is 7.54. The highest BCUT2D eigenvalue weighted by atomic mass is 19.3. The van der Waals surface area contributed by atoms with Gasteiger partial charge in [0.25, 0.3) is 0 Å². The van der Waals surface area contributed by atoms with Crippen LogP contribution in [0.25, 0.3) is 6.08 Å². The number of benzene rings is 2. The fraction of sp³-hybridized carbons (Fsp3) is 0.167. The van der Waals surface area contributed by atoms with Crippen molar-refractivity contribution < 1.29 is 27.8 Å². The Kier molecular flexibility index (Phi) is 5.13. The summed E-state index contributed by atoms with van der Waals surface area (Å²) in [6, 6.07) is 11.1.